The minimum atomic E-state index is -0.495. The third-order valence-corrected chi connectivity index (χ3v) is 4.07. The van der Waals surface area contributed by atoms with E-state index in [1.165, 1.54) is 18.4 Å². The zero-order valence-electron chi connectivity index (χ0n) is 12.7. The lowest BCUT2D eigenvalue weighted by molar-refractivity contribution is 0.0951. The molecule has 124 valence electrons. The Hall–Kier alpha value is -2.74. The summed E-state index contributed by atoms with van der Waals surface area (Å²) in [6.07, 6.45) is 2.26. The molecular weight excluding hydrogens is 315 g/mol. The number of nitrogens with one attached hydrogen (secondary N) is 2. The van der Waals surface area contributed by atoms with Gasteiger partial charge in [-0.25, -0.2) is 9.37 Å². The second-order valence-electron chi connectivity index (χ2n) is 5.64. The average Bonchev–Trinajstić information content (AvgIpc) is 3.32. The van der Waals surface area contributed by atoms with Crippen molar-refractivity contribution < 1.29 is 18.3 Å². The van der Waals surface area contributed by atoms with Crippen molar-refractivity contribution in [3.8, 4) is 0 Å². The molecule has 8 heteroatoms. The Bertz CT molecular complexity index is 882. The number of hydrogen-bond acceptors (Lipinski definition) is 5. The van der Waals surface area contributed by atoms with Crippen molar-refractivity contribution in [2.75, 3.05) is 13.2 Å². The van der Waals surface area contributed by atoms with Crippen molar-refractivity contribution in [3.05, 3.63) is 47.5 Å². The molecule has 4 rings (SSSR count). The number of aromatic nitrogens is 3. The monoisotopic (exact) mass is 330 g/mol. The zero-order chi connectivity index (χ0) is 16.5. The van der Waals surface area contributed by atoms with Crippen LogP contribution < -0.4 is 5.32 Å². The van der Waals surface area contributed by atoms with Gasteiger partial charge in [-0.3, -0.25) is 9.89 Å². The number of amides is 1. The number of H-pyrrole nitrogens is 1. The maximum absolute atomic E-state index is 13.6. The summed E-state index contributed by atoms with van der Waals surface area (Å²) in [5, 5.41) is 10.2. The summed E-state index contributed by atoms with van der Waals surface area (Å²) in [7, 11) is 0. The lowest BCUT2D eigenvalue weighted by Crippen LogP contribution is -2.23. The minimum absolute atomic E-state index is 0.0748. The van der Waals surface area contributed by atoms with Crippen molar-refractivity contribution in [1.82, 2.24) is 20.5 Å². The molecule has 0 bridgehead atoms. The van der Waals surface area contributed by atoms with Gasteiger partial charge < -0.3 is 14.5 Å². The number of ether oxygens (including phenoxy) is 1. The number of carbonyl (C=O) groups is 1. The molecule has 0 aliphatic carbocycles. The Morgan fingerprint density at radius 1 is 1.42 bits per heavy atom. The summed E-state index contributed by atoms with van der Waals surface area (Å²) >= 11 is 0. The molecule has 1 saturated heterocycles. The van der Waals surface area contributed by atoms with Crippen LogP contribution in [-0.4, -0.2) is 34.3 Å². The molecule has 0 radical (unpaired) electrons. The fourth-order valence-electron chi connectivity index (χ4n) is 2.80. The number of nitrogens with zero attached hydrogens (tertiary/aromatic N) is 2. The molecular formula is C16H15FN4O3. The number of fused-ring (bicyclic) bond motifs is 1. The second-order valence-corrected chi connectivity index (χ2v) is 5.64. The largest absolute Gasteiger partial charge is 0.461 e. The summed E-state index contributed by atoms with van der Waals surface area (Å²) in [6.45, 7) is 1.55. The lowest BCUT2D eigenvalue weighted by atomic mass is 10.1. The van der Waals surface area contributed by atoms with Crippen molar-refractivity contribution >= 4 is 16.9 Å². The zero-order valence-corrected chi connectivity index (χ0v) is 12.7. The van der Waals surface area contributed by atoms with Gasteiger partial charge in [0, 0.05) is 17.9 Å². The van der Waals surface area contributed by atoms with Gasteiger partial charge >= 0.3 is 0 Å². The van der Waals surface area contributed by atoms with Gasteiger partial charge in [-0.15, -0.1) is 0 Å². The molecule has 24 heavy (non-hydrogen) atoms. The van der Waals surface area contributed by atoms with E-state index in [1.807, 2.05) is 0 Å². The van der Waals surface area contributed by atoms with Crippen LogP contribution in [0, 0.1) is 5.82 Å². The van der Waals surface area contributed by atoms with Crippen LogP contribution in [0.4, 0.5) is 4.39 Å². The van der Waals surface area contributed by atoms with Crippen LogP contribution >= 0.6 is 0 Å². The fraction of sp³-hybridized carbons (Fsp3) is 0.312. The summed E-state index contributed by atoms with van der Waals surface area (Å²) in [4.78, 5) is 16.7. The molecule has 1 aliphatic rings. The third-order valence-electron chi connectivity index (χ3n) is 4.07. The number of rotatable bonds is 4. The topological polar surface area (TPSA) is 93.0 Å². The highest BCUT2D eigenvalue weighted by Gasteiger charge is 2.22. The smallest absolute Gasteiger partial charge is 0.252 e. The van der Waals surface area contributed by atoms with E-state index in [4.69, 9.17) is 9.15 Å². The number of halogens is 1. The predicted octanol–water partition coefficient (Wildman–Crippen LogP) is 2.12. The Labute approximate surface area is 136 Å². The van der Waals surface area contributed by atoms with Crippen LogP contribution in [0.5, 0.6) is 0 Å². The van der Waals surface area contributed by atoms with Crippen LogP contribution in [0.2, 0.25) is 0 Å². The number of furan rings is 1. The van der Waals surface area contributed by atoms with Crippen LogP contribution in [0.1, 0.15) is 34.3 Å². The molecule has 0 saturated carbocycles. The number of carbonyl (C=O) groups excluding carboxylic acids is 1. The molecule has 7 nitrogen and oxygen atoms in total. The highest BCUT2D eigenvalue weighted by Crippen LogP contribution is 2.23. The summed E-state index contributed by atoms with van der Waals surface area (Å²) < 4.78 is 24.0. The van der Waals surface area contributed by atoms with Gasteiger partial charge in [-0.2, -0.15) is 5.10 Å². The van der Waals surface area contributed by atoms with Gasteiger partial charge in [0.2, 0.25) is 0 Å². The van der Waals surface area contributed by atoms with Crippen molar-refractivity contribution in [2.45, 2.75) is 18.9 Å². The summed E-state index contributed by atoms with van der Waals surface area (Å²) in [6, 6.07) is 4.22. The van der Waals surface area contributed by atoms with E-state index in [-0.39, 0.29) is 24.0 Å². The van der Waals surface area contributed by atoms with E-state index >= 15 is 0 Å². The summed E-state index contributed by atoms with van der Waals surface area (Å²) in [5.74, 6) is 0.647. The highest BCUT2D eigenvalue weighted by atomic mass is 19.1. The number of benzene rings is 1. The van der Waals surface area contributed by atoms with E-state index in [2.05, 4.69) is 20.5 Å². The van der Waals surface area contributed by atoms with Gasteiger partial charge in [0.15, 0.2) is 17.2 Å². The molecule has 1 amide bonds. The Morgan fingerprint density at radius 2 is 2.33 bits per heavy atom. The second kappa shape index (κ2) is 6.04. The SMILES string of the molecule is O=C(NCc1nc(C2CCOC2)n[nH]1)c1ccc(F)c2occc12. The number of hydrogen-bond donors (Lipinski definition) is 2. The summed E-state index contributed by atoms with van der Waals surface area (Å²) in [5.41, 5.74) is 0.426. The first-order valence-corrected chi connectivity index (χ1v) is 7.65. The minimum Gasteiger partial charge on any atom is -0.461 e. The first kappa shape index (κ1) is 14.8. The van der Waals surface area contributed by atoms with Gasteiger partial charge in [0.05, 0.1) is 25.0 Å². The number of aromatic amines is 1. The van der Waals surface area contributed by atoms with Crippen LogP contribution in [0.3, 0.4) is 0 Å². The maximum atomic E-state index is 13.6. The van der Waals surface area contributed by atoms with Gasteiger partial charge in [0.25, 0.3) is 5.91 Å². The van der Waals surface area contributed by atoms with E-state index < -0.39 is 5.82 Å². The maximum Gasteiger partial charge on any atom is 0.252 e. The van der Waals surface area contributed by atoms with E-state index in [9.17, 15) is 9.18 Å². The first-order valence-electron chi connectivity index (χ1n) is 7.65. The Morgan fingerprint density at radius 3 is 3.17 bits per heavy atom. The molecule has 3 heterocycles. The molecule has 0 spiro atoms. The standard InChI is InChI=1S/C16H15FN4O3/c17-12-2-1-11(10-4-6-24-14(10)12)16(22)18-7-13-19-15(21-20-13)9-3-5-23-8-9/h1-2,4,6,9H,3,5,7-8H2,(H,18,22)(H,19,20,21). The van der Waals surface area contributed by atoms with E-state index in [1.54, 1.807) is 6.07 Å². The Kier molecular flexibility index (Phi) is 3.73. The van der Waals surface area contributed by atoms with Gasteiger partial charge in [0.1, 0.15) is 5.82 Å². The van der Waals surface area contributed by atoms with Crippen molar-refractivity contribution in [1.29, 1.82) is 0 Å². The Balaban J connectivity index is 1.46. The molecule has 1 fully saturated rings. The normalized spacial score (nSPS) is 17.5. The van der Waals surface area contributed by atoms with Crippen LogP contribution in [0.15, 0.2) is 28.9 Å². The molecule has 1 aromatic carbocycles. The molecule has 2 aromatic heterocycles. The third kappa shape index (κ3) is 2.65. The lowest BCUT2D eigenvalue weighted by Gasteiger charge is -2.04. The predicted molar refractivity (Wildman–Crippen MR) is 81.9 cm³/mol. The van der Waals surface area contributed by atoms with Gasteiger partial charge in [-0.1, -0.05) is 0 Å². The van der Waals surface area contributed by atoms with E-state index in [0.29, 0.717) is 29.2 Å². The van der Waals surface area contributed by atoms with Crippen LogP contribution in [0.25, 0.3) is 11.0 Å². The fourth-order valence-corrected chi connectivity index (χ4v) is 2.80. The molecule has 3 aromatic rings. The first-order chi connectivity index (χ1) is 11.7. The van der Waals surface area contributed by atoms with Crippen molar-refractivity contribution in [3.63, 3.8) is 0 Å². The average molecular weight is 330 g/mol. The molecule has 2 N–H and O–H groups in total. The molecule has 1 aliphatic heterocycles. The van der Waals surface area contributed by atoms with Gasteiger partial charge in [-0.05, 0) is 24.6 Å². The molecule has 1 unspecified atom stereocenters. The van der Waals surface area contributed by atoms with Crippen LogP contribution in [-0.2, 0) is 11.3 Å². The van der Waals surface area contributed by atoms with E-state index in [0.717, 1.165) is 13.0 Å². The quantitative estimate of drug-likeness (QED) is 0.764. The highest BCUT2D eigenvalue weighted by molar-refractivity contribution is 6.05. The molecule has 1 atom stereocenters. The van der Waals surface area contributed by atoms with Crippen molar-refractivity contribution in [2.24, 2.45) is 0 Å².